The van der Waals surface area contributed by atoms with Gasteiger partial charge in [-0.2, -0.15) is 12.6 Å². The molecule has 0 rings (SSSR count). The van der Waals surface area contributed by atoms with Gasteiger partial charge in [0, 0.05) is 90.6 Å². The summed E-state index contributed by atoms with van der Waals surface area (Å²) in [5.41, 5.74) is 10.4. The number of hydrogen-bond acceptors (Lipinski definition) is 9. The third-order valence-electron chi connectivity index (χ3n) is 6.54. The van der Waals surface area contributed by atoms with E-state index in [1.807, 2.05) is 60.8 Å². The highest BCUT2D eigenvalue weighted by Gasteiger charge is 2.11. The number of thiol groups is 1. The maximum absolute atomic E-state index is 12.4. The van der Waals surface area contributed by atoms with Gasteiger partial charge in [-0.05, 0) is 53.7 Å². The standard InChI is InChI=1S/C27H54N8O4.2C2H6.CH4S.CH4/c1-6-23(31-27(39)13-18-35(5)22-20-33(3)16-11-25(29)37)9-7-8-14-30-26(38)12-17-34(4)21-19-32(2)15-10-24(28)36;3*1-2;/h6,23H,1,7-22H2,2-5H3,(H2,28,36)(H2,29,37)(H,30,38)(H,31,39);2*1-2H3;2H,1H3;1H4/t23-;;;;/m1..../s1. The van der Waals surface area contributed by atoms with Gasteiger partial charge in [0.15, 0.2) is 0 Å². The number of hydrogen-bond donors (Lipinski definition) is 5. The molecule has 46 heavy (non-hydrogen) atoms. The summed E-state index contributed by atoms with van der Waals surface area (Å²) in [4.78, 5) is 54.5. The van der Waals surface area contributed by atoms with Crippen LogP contribution >= 0.6 is 12.6 Å². The Morgan fingerprint density at radius 2 is 1.00 bits per heavy atom. The predicted molar refractivity (Wildman–Crippen MR) is 200 cm³/mol. The molecule has 6 N–H and O–H groups in total. The van der Waals surface area contributed by atoms with E-state index in [1.165, 1.54) is 0 Å². The zero-order chi connectivity index (χ0) is 35.6. The maximum Gasteiger partial charge on any atom is 0.221 e. The lowest BCUT2D eigenvalue weighted by Gasteiger charge is -2.22. The first-order chi connectivity index (χ1) is 21.4. The second kappa shape index (κ2) is 39.0. The minimum absolute atomic E-state index is 0. The van der Waals surface area contributed by atoms with Crippen LogP contribution in [-0.2, 0) is 19.2 Å². The molecule has 0 aromatic rings. The van der Waals surface area contributed by atoms with Crippen LogP contribution in [0.3, 0.4) is 0 Å². The normalized spacial score (nSPS) is 10.7. The van der Waals surface area contributed by atoms with Crippen LogP contribution in [0.1, 0.15) is 80.1 Å². The van der Waals surface area contributed by atoms with Crippen molar-refractivity contribution < 1.29 is 19.2 Å². The van der Waals surface area contributed by atoms with E-state index in [1.54, 1.807) is 12.3 Å². The van der Waals surface area contributed by atoms with Gasteiger partial charge in [0.2, 0.25) is 23.6 Å². The number of unbranched alkanes of at least 4 members (excludes halogenated alkanes) is 1. The van der Waals surface area contributed by atoms with Crippen molar-refractivity contribution >= 4 is 36.3 Å². The Morgan fingerprint density at radius 3 is 1.35 bits per heavy atom. The molecule has 0 aliphatic carbocycles. The Balaban J connectivity index is -0.000000751. The lowest BCUT2D eigenvalue weighted by atomic mass is 10.1. The summed E-state index contributed by atoms with van der Waals surface area (Å²) < 4.78 is 0. The Bertz CT molecular complexity index is 746. The molecule has 276 valence electrons. The second-order valence-electron chi connectivity index (χ2n) is 10.4. The molecule has 1 atom stereocenters. The fourth-order valence-corrected chi connectivity index (χ4v) is 3.65. The van der Waals surface area contributed by atoms with Crippen molar-refractivity contribution in [3.63, 3.8) is 0 Å². The molecule has 0 aliphatic heterocycles. The monoisotopic (exact) mass is 679 g/mol. The molecular weight excluding hydrogens is 604 g/mol. The number of nitrogens with one attached hydrogen (secondary N) is 2. The smallest absolute Gasteiger partial charge is 0.221 e. The van der Waals surface area contributed by atoms with Gasteiger partial charge in [-0.25, -0.2) is 0 Å². The second-order valence-corrected chi connectivity index (χ2v) is 10.4. The molecule has 12 nitrogen and oxygen atoms in total. The summed E-state index contributed by atoms with van der Waals surface area (Å²) in [6.07, 6.45) is 7.46. The zero-order valence-corrected chi connectivity index (χ0v) is 31.1. The van der Waals surface area contributed by atoms with E-state index < -0.39 is 0 Å². The molecule has 0 fully saturated rings. The Morgan fingerprint density at radius 1 is 0.652 bits per heavy atom. The molecule has 0 heterocycles. The van der Waals surface area contributed by atoms with Crippen LogP contribution in [0.4, 0.5) is 0 Å². The highest BCUT2D eigenvalue weighted by Crippen LogP contribution is 2.03. The zero-order valence-electron chi connectivity index (χ0n) is 30.2. The number of nitrogens with zero attached hydrogens (tertiary/aromatic N) is 4. The molecule has 4 amide bonds. The summed E-state index contributed by atoms with van der Waals surface area (Å²) >= 11 is 3.53. The van der Waals surface area contributed by atoms with Crippen molar-refractivity contribution in [1.82, 2.24) is 30.2 Å². The number of primary amides is 2. The third-order valence-corrected chi connectivity index (χ3v) is 6.54. The van der Waals surface area contributed by atoms with Gasteiger partial charge < -0.3 is 41.7 Å². The van der Waals surface area contributed by atoms with Crippen molar-refractivity contribution in [1.29, 1.82) is 0 Å². The highest BCUT2D eigenvalue weighted by molar-refractivity contribution is 7.79. The number of nitrogens with two attached hydrogens (primary N) is 2. The summed E-state index contributed by atoms with van der Waals surface area (Å²) in [7, 11) is 7.84. The van der Waals surface area contributed by atoms with Gasteiger partial charge >= 0.3 is 0 Å². The number of amides is 4. The molecule has 0 unspecified atom stereocenters. The molecule has 0 radical (unpaired) electrons. The molecule has 13 heteroatoms. The molecule has 0 aromatic carbocycles. The molecular formula is C33H74N8O4S. The van der Waals surface area contributed by atoms with E-state index in [-0.39, 0.29) is 37.1 Å². The van der Waals surface area contributed by atoms with Gasteiger partial charge in [0.1, 0.15) is 0 Å². The average Bonchev–Trinajstić information content (AvgIpc) is 3.04. The Hall–Kier alpha value is -2.19. The SMILES string of the molecule is C.C=C[C@H](CCCCNC(=O)CCN(C)CCN(C)CCC(N)=O)NC(=O)CCN(C)CCN(C)CCC(N)=O.CC.CC.CS. The Labute approximate surface area is 288 Å². The summed E-state index contributed by atoms with van der Waals surface area (Å²) in [6.45, 7) is 18.2. The van der Waals surface area contributed by atoms with E-state index >= 15 is 0 Å². The van der Waals surface area contributed by atoms with Crippen LogP contribution in [0, 0.1) is 0 Å². The largest absolute Gasteiger partial charge is 0.370 e. The first-order valence-electron chi connectivity index (χ1n) is 16.4. The predicted octanol–water partition coefficient (Wildman–Crippen LogP) is 2.44. The lowest BCUT2D eigenvalue weighted by Crippen LogP contribution is -2.37. The number of carbonyl (C=O) groups is 4. The van der Waals surface area contributed by atoms with Crippen LogP contribution in [0.15, 0.2) is 12.7 Å². The van der Waals surface area contributed by atoms with Crippen LogP contribution in [0.25, 0.3) is 0 Å². The third kappa shape index (κ3) is 39.8. The van der Waals surface area contributed by atoms with Gasteiger partial charge in [-0.1, -0.05) is 41.2 Å². The molecule has 0 aliphatic rings. The minimum atomic E-state index is -0.302. The van der Waals surface area contributed by atoms with Crippen molar-refractivity contribution in [3.8, 4) is 0 Å². The summed E-state index contributed by atoms with van der Waals surface area (Å²) in [5.74, 6) is -0.582. The topological polar surface area (TPSA) is 157 Å². The van der Waals surface area contributed by atoms with Crippen molar-refractivity contribution in [2.24, 2.45) is 11.5 Å². The summed E-state index contributed by atoms with van der Waals surface area (Å²) in [5, 5.41) is 5.98. The van der Waals surface area contributed by atoms with Crippen LogP contribution in [0.2, 0.25) is 0 Å². The summed E-state index contributed by atoms with van der Waals surface area (Å²) in [6, 6.07) is -0.0896. The van der Waals surface area contributed by atoms with E-state index in [0.29, 0.717) is 58.4 Å². The fraction of sp³-hybridized carbons (Fsp3) is 0.818. The van der Waals surface area contributed by atoms with Gasteiger partial charge in [-0.3, -0.25) is 19.2 Å². The van der Waals surface area contributed by atoms with Gasteiger partial charge in [-0.15, -0.1) is 6.58 Å². The van der Waals surface area contributed by atoms with Crippen LogP contribution in [0.5, 0.6) is 0 Å². The highest BCUT2D eigenvalue weighted by atomic mass is 32.1. The molecule has 0 saturated carbocycles. The lowest BCUT2D eigenvalue weighted by molar-refractivity contribution is -0.122. The fourth-order valence-electron chi connectivity index (χ4n) is 3.65. The van der Waals surface area contributed by atoms with Gasteiger partial charge in [0.05, 0.1) is 0 Å². The number of likely N-dealkylation sites (N-methyl/N-ethyl adjacent to an activating group) is 4. The van der Waals surface area contributed by atoms with E-state index in [9.17, 15) is 19.2 Å². The van der Waals surface area contributed by atoms with Crippen molar-refractivity contribution in [3.05, 3.63) is 12.7 Å². The molecule has 0 bridgehead atoms. The number of rotatable bonds is 25. The van der Waals surface area contributed by atoms with Crippen LogP contribution < -0.4 is 22.1 Å². The first kappa shape index (κ1) is 53.3. The molecule has 0 aromatic heterocycles. The van der Waals surface area contributed by atoms with Gasteiger partial charge in [0.25, 0.3) is 0 Å². The van der Waals surface area contributed by atoms with Crippen molar-refractivity contribution in [2.75, 3.05) is 93.3 Å². The maximum atomic E-state index is 12.4. The first-order valence-corrected chi connectivity index (χ1v) is 17.3. The number of carbonyl (C=O) groups excluding carboxylic acids is 4. The molecule has 0 saturated heterocycles. The Kier molecular flexibility index (Phi) is 45.2. The minimum Gasteiger partial charge on any atom is -0.370 e. The van der Waals surface area contributed by atoms with Crippen LogP contribution in [-0.4, -0.2) is 143 Å². The van der Waals surface area contributed by atoms with Crippen molar-refractivity contribution in [2.45, 2.75) is 86.1 Å². The van der Waals surface area contributed by atoms with E-state index in [2.05, 4.69) is 44.5 Å². The molecule has 0 spiro atoms. The average molecular weight is 679 g/mol. The van der Waals surface area contributed by atoms with E-state index in [4.69, 9.17) is 11.5 Å². The van der Waals surface area contributed by atoms with E-state index in [0.717, 1.165) is 45.4 Å². The quantitative estimate of drug-likeness (QED) is 0.0560.